The molecule has 0 amide bonds. The van der Waals surface area contributed by atoms with Gasteiger partial charge in [-0.3, -0.25) is 0 Å². The number of nitrogens with zero attached hydrogens (tertiary/aromatic N) is 1. The number of hydrogen-bond acceptors (Lipinski definition) is 1. The highest BCUT2D eigenvalue weighted by Gasteiger charge is 2.02. The Kier molecular flexibility index (Phi) is 2.04. The van der Waals surface area contributed by atoms with Crippen LogP contribution in [0.4, 0.5) is 4.39 Å². The molecule has 1 aromatic heterocycles. The van der Waals surface area contributed by atoms with Gasteiger partial charge in [0.2, 0.25) is 0 Å². The molecule has 13 heavy (non-hydrogen) atoms. The Morgan fingerprint density at radius 1 is 1.08 bits per heavy atom. The number of aromatic nitrogens is 1. The molecule has 0 N–H and O–H groups in total. The van der Waals surface area contributed by atoms with E-state index < -0.39 is 0 Å². The Balaban J connectivity index is 2.54. The first-order valence-electron chi connectivity index (χ1n) is 3.96. The van der Waals surface area contributed by atoms with E-state index in [-0.39, 0.29) is 5.82 Å². The van der Waals surface area contributed by atoms with Gasteiger partial charge < -0.3 is 0 Å². The summed E-state index contributed by atoms with van der Waals surface area (Å²) < 4.78 is 13.2. The molecule has 2 heteroatoms. The van der Waals surface area contributed by atoms with E-state index in [9.17, 15) is 4.39 Å². The second-order valence-corrected chi connectivity index (χ2v) is 2.63. The highest BCUT2D eigenvalue weighted by molar-refractivity contribution is 5.59. The molecule has 0 bridgehead atoms. The predicted octanol–water partition coefficient (Wildman–Crippen LogP) is 2.69. The lowest BCUT2D eigenvalue weighted by Gasteiger charge is -1.99. The van der Waals surface area contributed by atoms with E-state index in [1.54, 1.807) is 36.4 Å². The fraction of sp³-hybridized carbons (Fsp3) is 0. The van der Waals surface area contributed by atoms with Gasteiger partial charge in [0.15, 0.2) is 0 Å². The molecule has 63 valence electrons. The third-order valence-corrected chi connectivity index (χ3v) is 1.76. The monoisotopic (exact) mass is 172 g/mol. The number of hydrogen-bond donors (Lipinski definition) is 0. The summed E-state index contributed by atoms with van der Waals surface area (Å²) in [5.74, 6) is -0.255. The lowest BCUT2D eigenvalue weighted by Crippen LogP contribution is -1.85. The zero-order valence-corrected chi connectivity index (χ0v) is 6.87. The Labute approximate surface area is 75.9 Å². The van der Waals surface area contributed by atoms with Crippen molar-refractivity contribution < 1.29 is 4.39 Å². The van der Waals surface area contributed by atoms with Crippen LogP contribution in [0.5, 0.6) is 0 Å². The van der Waals surface area contributed by atoms with Crippen molar-refractivity contribution in [3.8, 4) is 11.3 Å². The van der Waals surface area contributed by atoms with Crippen LogP contribution in [0.1, 0.15) is 0 Å². The van der Waals surface area contributed by atoms with Crippen molar-refractivity contribution in [3.05, 3.63) is 54.5 Å². The second-order valence-electron chi connectivity index (χ2n) is 2.63. The SMILES string of the molecule is Fc1ccccc1-c1ccc[c]n1. The van der Waals surface area contributed by atoms with Gasteiger partial charge in [0.25, 0.3) is 0 Å². The lowest BCUT2D eigenvalue weighted by atomic mass is 10.1. The molecule has 0 aliphatic heterocycles. The lowest BCUT2D eigenvalue weighted by molar-refractivity contribution is 0.630. The molecule has 2 aromatic rings. The minimum absolute atomic E-state index is 0.255. The maximum atomic E-state index is 13.2. The van der Waals surface area contributed by atoms with E-state index in [2.05, 4.69) is 11.2 Å². The summed E-state index contributed by atoms with van der Waals surface area (Å²) in [4.78, 5) is 3.94. The second kappa shape index (κ2) is 3.35. The Morgan fingerprint density at radius 2 is 1.92 bits per heavy atom. The minimum Gasteiger partial charge on any atom is -0.246 e. The summed E-state index contributed by atoms with van der Waals surface area (Å²) >= 11 is 0. The zero-order chi connectivity index (χ0) is 9.10. The van der Waals surface area contributed by atoms with Crippen molar-refractivity contribution in [2.45, 2.75) is 0 Å². The Hall–Kier alpha value is -1.70. The molecule has 1 aromatic carbocycles. The highest BCUT2D eigenvalue weighted by atomic mass is 19.1. The van der Waals surface area contributed by atoms with E-state index >= 15 is 0 Å². The molecule has 0 unspecified atom stereocenters. The summed E-state index contributed by atoms with van der Waals surface area (Å²) in [5.41, 5.74) is 1.12. The van der Waals surface area contributed by atoms with E-state index in [0.29, 0.717) is 11.3 Å². The van der Waals surface area contributed by atoms with Crippen molar-refractivity contribution in [2.24, 2.45) is 0 Å². The Morgan fingerprint density at radius 3 is 2.62 bits per heavy atom. The van der Waals surface area contributed by atoms with Crippen molar-refractivity contribution in [3.63, 3.8) is 0 Å². The molecular formula is C11H7FN. The van der Waals surface area contributed by atoms with Gasteiger partial charge in [-0.2, -0.15) is 0 Å². The first-order valence-corrected chi connectivity index (χ1v) is 3.96. The van der Waals surface area contributed by atoms with Gasteiger partial charge in [-0.1, -0.05) is 18.2 Å². The van der Waals surface area contributed by atoms with Gasteiger partial charge in [0.05, 0.1) is 11.9 Å². The van der Waals surface area contributed by atoms with Crippen LogP contribution in [-0.4, -0.2) is 4.98 Å². The quantitative estimate of drug-likeness (QED) is 0.644. The average Bonchev–Trinajstić information content (AvgIpc) is 2.20. The molecule has 0 saturated carbocycles. The maximum Gasteiger partial charge on any atom is 0.132 e. The minimum atomic E-state index is -0.255. The van der Waals surface area contributed by atoms with Crippen LogP contribution in [0.25, 0.3) is 11.3 Å². The maximum absolute atomic E-state index is 13.2. The van der Waals surface area contributed by atoms with Gasteiger partial charge >= 0.3 is 0 Å². The van der Waals surface area contributed by atoms with Gasteiger partial charge in [0.1, 0.15) is 5.82 Å². The first-order chi connectivity index (χ1) is 6.38. The van der Waals surface area contributed by atoms with Crippen LogP contribution in [-0.2, 0) is 0 Å². The molecule has 0 saturated heterocycles. The van der Waals surface area contributed by atoms with Gasteiger partial charge in [-0.05, 0) is 24.3 Å². The largest absolute Gasteiger partial charge is 0.246 e. The van der Waals surface area contributed by atoms with E-state index in [1.807, 2.05) is 0 Å². The zero-order valence-electron chi connectivity index (χ0n) is 6.87. The molecule has 0 fully saturated rings. The third kappa shape index (κ3) is 1.56. The average molecular weight is 172 g/mol. The molecule has 0 atom stereocenters. The predicted molar refractivity (Wildman–Crippen MR) is 48.5 cm³/mol. The summed E-state index contributed by atoms with van der Waals surface area (Å²) in [6.45, 7) is 0. The van der Waals surface area contributed by atoms with Crippen LogP contribution >= 0.6 is 0 Å². The molecule has 2 rings (SSSR count). The van der Waals surface area contributed by atoms with Gasteiger partial charge in [0, 0.05) is 5.56 Å². The molecule has 1 heterocycles. The standard InChI is InChI=1S/C11H7FN/c12-10-6-2-1-5-9(10)11-7-3-4-8-13-11/h1-7H. The summed E-state index contributed by atoms with van der Waals surface area (Å²) in [5, 5.41) is 0. The number of halogens is 1. The van der Waals surface area contributed by atoms with E-state index in [0.717, 1.165) is 0 Å². The number of pyridine rings is 1. The Bertz CT molecular complexity index is 398. The first kappa shape index (κ1) is 7.92. The van der Waals surface area contributed by atoms with E-state index in [1.165, 1.54) is 6.07 Å². The van der Waals surface area contributed by atoms with Crippen LogP contribution in [0.3, 0.4) is 0 Å². The van der Waals surface area contributed by atoms with Gasteiger partial charge in [-0.25, -0.2) is 9.37 Å². The van der Waals surface area contributed by atoms with Crippen LogP contribution in [0, 0.1) is 12.0 Å². The van der Waals surface area contributed by atoms with Crippen molar-refractivity contribution >= 4 is 0 Å². The van der Waals surface area contributed by atoms with Crippen molar-refractivity contribution in [2.75, 3.05) is 0 Å². The summed E-state index contributed by atoms with van der Waals surface area (Å²) in [7, 11) is 0. The molecular weight excluding hydrogens is 165 g/mol. The summed E-state index contributed by atoms with van der Waals surface area (Å²) in [6, 6.07) is 11.8. The van der Waals surface area contributed by atoms with Crippen LogP contribution in [0.2, 0.25) is 0 Å². The number of benzene rings is 1. The van der Waals surface area contributed by atoms with Crippen molar-refractivity contribution in [1.82, 2.24) is 4.98 Å². The number of rotatable bonds is 1. The summed E-state index contributed by atoms with van der Waals surface area (Å²) in [6.07, 6.45) is 2.67. The molecule has 0 spiro atoms. The molecule has 1 nitrogen and oxygen atoms in total. The molecule has 0 aliphatic carbocycles. The van der Waals surface area contributed by atoms with Crippen molar-refractivity contribution in [1.29, 1.82) is 0 Å². The van der Waals surface area contributed by atoms with Gasteiger partial charge in [-0.15, -0.1) is 0 Å². The fourth-order valence-electron chi connectivity index (χ4n) is 1.15. The van der Waals surface area contributed by atoms with E-state index in [4.69, 9.17) is 0 Å². The fourth-order valence-corrected chi connectivity index (χ4v) is 1.15. The van der Waals surface area contributed by atoms with Crippen LogP contribution in [0.15, 0.2) is 42.5 Å². The smallest absolute Gasteiger partial charge is 0.132 e. The normalized spacial score (nSPS) is 9.92. The van der Waals surface area contributed by atoms with Crippen LogP contribution < -0.4 is 0 Å². The third-order valence-electron chi connectivity index (χ3n) is 1.76. The highest BCUT2D eigenvalue weighted by Crippen LogP contribution is 2.18. The molecule has 1 radical (unpaired) electrons. The molecule has 0 aliphatic rings. The topological polar surface area (TPSA) is 12.9 Å².